The molecule has 1 aromatic carbocycles. The van der Waals surface area contributed by atoms with E-state index in [0.29, 0.717) is 0 Å². The number of thioether (sulfide) groups is 1. The fraction of sp³-hybridized carbons (Fsp3) is 0.462. The first-order chi connectivity index (χ1) is 8.08. The first kappa shape index (κ1) is 14.1. The molecule has 0 spiro atoms. The molecule has 3 nitrogen and oxygen atoms in total. The number of hydrogen-bond acceptors (Lipinski definition) is 3. The van der Waals surface area contributed by atoms with E-state index in [1.807, 2.05) is 0 Å². The Morgan fingerprint density at radius 2 is 2.18 bits per heavy atom. The van der Waals surface area contributed by atoms with Crippen LogP contribution in [-0.2, 0) is 4.79 Å². The normalized spacial score (nSPS) is 12.2. The zero-order chi connectivity index (χ0) is 12.8. The highest BCUT2D eigenvalue weighted by atomic mass is 32.2. The Morgan fingerprint density at radius 1 is 1.47 bits per heavy atom. The summed E-state index contributed by atoms with van der Waals surface area (Å²) in [5.41, 5.74) is 4.65. The molecule has 0 saturated heterocycles. The van der Waals surface area contributed by atoms with Crippen LogP contribution in [0.25, 0.3) is 0 Å². The van der Waals surface area contributed by atoms with Crippen LogP contribution in [0.2, 0.25) is 0 Å². The third kappa shape index (κ3) is 4.06. The van der Waals surface area contributed by atoms with Crippen molar-refractivity contribution in [3.05, 3.63) is 29.3 Å². The summed E-state index contributed by atoms with van der Waals surface area (Å²) in [4.78, 5) is 12.8. The zero-order valence-corrected chi connectivity index (χ0v) is 11.4. The van der Waals surface area contributed by atoms with E-state index in [9.17, 15) is 4.79 Å². The molecule has 1 unspecified atom stereocenters. The van der Waals surface area contributed by atoms with Crippen molar-refractivity contribution in [3.8, 4) is 0 Å². The minimum Gasteiger partial charge on any atom is -0.293 e. The van der Waals surface area contributed by atoms with Gasteiger partial charge >= 0.3 is 0 Å². The third-order valence-corrected chi connectivity index (χ3v) is 4.03. The summed E-state index contributed by atoms with van der Waals surface area (Å²) < 4.78 is 0. The van der Waals surface area contributed by atoms with Gasteiger partial charge in [-0.05, 0) is 31.9 Å². The average Bonchev–Trinajstić information content (AvgIpc) is 2.32. The third-order valence-electron chi connectivity index (χ3n) is 2.60. The van der Waals surface area contributed by atoms with Crippen LogP contribution in [-0.4, -0.2) is 11.2 Å². The van der Waals surface area contributed by atoms with Gasteiger partial charge in [-0.2, -0.15) is 0 Å². The van der Waals surface area contributed by atoms with Crippen molar-refractivity contribution in [2.24, 2.45) is 5.84 Å². The summed E-state index contributed by atoms with van der Waals surface area (Å²) in [5.74, 6) is 5.11. The van der Waals surface area contributed by atoms with Gasteiger partial charge in [0.2, 0.25) is 5.91 Å². The maximum Gasteiger partial charge on any atom is 0.247 e. The summed E-state index contributed by atoms with van der Waals surface area (Å²) in [7, 11) is 0. The lowest BCUT2D eigenvalue weighted by Gasteiger charge is -2.15. The topological polar surface area (TPSA) is 55.1 Å². The number of nitrogens with one attached hydrogen (secondary N) is 1. The molecule has 0 saturated carbocycles. The SMILES string of the molecule is CCCC(Sc1cc(C)ccc1C)C(=O)NN. The van der Waals surface area contributed by atoms with Crippen molar-refractivity contribution < 1.29 is 4.79 Å². The van der Waals surface area contributed by atoms with Gasteiger partial charge in [-0.25, -0.2) is 5.84 Å². The molecular weight excluding hydrogens is 232 g/mol. The summed E-state index contributed by atoms with van der Waals surface area (Å²) in [6.07, 6.45) is 1.80. The Bertz CT molecular complexity index is 393. The maximum atomic E-state index is 11.6. The molecule has 0 aliphatic heterocycles. The van der Waals surface area contributed by atoms with Crippen LogP contribution in [0, 0.1) is 13.8 Å². The number of hydrazine groups is 1. The molecule has 4 heteroatoms. The van der Waals surface area contributed by atoms with Crippen LogP contribution in [0.4, 0.5) is 0 Å². The molecule has 17 heavy (non-hydrogen) atoms. The number of rotatable bonds is 5. The minimum atomic E-state index is -0.106. The summed E-state index contributed by atoms with van der Waals surface area (Å²) in [6, 6.07) is 6.28. The van der Waals surface area contributed by atoms with Crippen LogP contribution in [0.3, 0.4) is 0 Å². The quantitative estimate of drug-likeness (QED) is 0.366. The highest BCUT2D eigenvalue weighted by Gasteiger charge is 2.18. The molecule has 1 rings (SSSR count). The van der Waals surface area contributed by atoms with Gasteiger partial charge in [-0.1, -0.05) is 31.0 Å². The zero-order valence-electron chi connectivity index (χ0n) is 10.6. The lowest BCUT2D eigenvalue weighted by atomic mass is 10.2. The first-order valence-electron chi connectivity index (χ1n) is 5.82. The number of benzene rings is 1. The maximum absolute atomic E-state index is 11.6. The number of hydrogen-bond donors (Lipinski definition) is 2. The molecule has 0 aromatic heterocycles. The van der Waals surface area contributed by atoms with Crippen LogP contribution in [0.15, 0.2) is 23.1 Å². The van der Waals surface area contributed by atoms with Crippen LogP contribution in [0.1, 0.15) is 30.9 Å². The second-order valence-corrected chi connectivity index (χ2v) is 5.42. The van der Waals surface area contributed by atoms with Crippen LogP contribution < -0.4 is 11.3 Å². The first-order valence-corrected chi connectivity index (χ1v) is 6.70. The van der Waals surface area contributed by atoms with E-state index >= 15 is 0 Å². The molecule has 0 aliphatic carbocycles. The van der Waals surface area contributed by atoms with E-state index < -0.39 is 0 Å². The molecule has 0 aliphatic rings. The Balaban J connectivity index is 2.85. The Labute approximate surface area is 107 Å². The fourth-order valence-electron chi connectivity index (χ4n) is 1.59. The van der Waals surface area contributed by atoms with Crippen molar-refractivity contribution in [1.29, 1.82) is 0 Å². The van der Waals surface area contributed by atoms with Crippen LogP contribution >= 0.6 is 11.8 Å². The van der Waals surface area contributed by atoms with Gasteiger partial charge in [-0.15, -0.1) is 11.8 Å². The number of carbonyl (C=O) groups is 1. The van der Waals surface area contributed by atoms with E-state index in [0.717, 1.165) is 17.7 Å². The van der Waals surface area contributed by atoms with Crippen molar-refractivity contribution in [3.63, 3.8) is 0 Å². The predicted molar refractivity (Wildman–Crippen MR) is 72.8 cm³/mol. The second kappa shape index (κ2) is 6.67. The summed E-state index contributed by atoms with van der Waals surface area (Å²) >= 11 is 1.59. The lowest BCUT2D eigenvalue weighted by Crippen LogP contribution is -2.37. The van der Waals surface area contributed by atoms with E-state index in [1.54, 1.807) is 11.8 Å². The number of nitrogens with two attached hydrogens (primary N) is 1. The predicted octanol–water partition coefficient (Wildman–Crippen LogP) is 2.55. The molecule has 1 aromatic rings. The largest absolute Gasteiger partial charge is 0.293 e. The second-order valence-electron chi connectivity index (χ2n) is 4.17. The highest BCUT2D eigenvalue weighted by molar-refractivity contribution is 8.00. The lowest BCUT2D eigenvalue weighted by molar-refractivity contribution is -0.120. The Hall–Kier alpha value is -1.00. The molecular formula is C13H20N2OS. The van der Waals surface area contributed by atoms with E-state index in [4.69, 9.17) is 5.84 Å². The Kier molecular flexibility index (Phi) is 5.51. The molecule has 0 bridgehead atoms. The molecule has 0 heterocycles. The van der Waals surface area contributed by atoms with Gasteiger partial charge in [0.25, 0.3) is 0 Å². The van der Waals surface area contributed by atoms with Gasteiger partial charge < -0.3 is 0 Å². The molecule has 0 fully saturated rings. The molecule has 1 atom stereocenters. The molecule has 0 radical (unpaired) electrons. The van der Waals surface area contributed by atoms with Gasteiger partial charge in [-0.3, -0.25) is 10.2 Å². The molecule has 94 valence electrons. The van der Waals surface area contributed by atoms with Gasteiger partial charge in [0, 0.05) is 4.90 Å². The van der Waals surface area contributed by atoms with Gasteiger partial charge in [0.1, 0.15) is 0 Å². The van der Waals surface area contributed by atoms with Crippen LogP contribution in [0.5, 0.6) is 0 Å². The molecule has 1 amide bonds. The summed E-state index contributed by atoms with van der Waals surface area (Å²) in [6.45, 7) is 6.19. The Morgan fingerprint density at radius 3 is 2.76 bits per heavy atom. The number of carbonyl (C=O) groups excluding carboxylic acids is 1. The smallest absolute Gasteiger partial charge is 0.247 e. The standard InChI is InChI=1S/C13H20N2OS/c1-4-5-11(13(16)15-14)17-12-8-9(2)6-7-10(12)3/h6-8,11H,4-5,14H2,1-3H3,(H,15,16). The van der Waals surface area contributed by atoms with E-state index in [-0.39, 0.29) is 11.2 Å². The van der Waals surface area contributed by atoms with Gasteiger partial charge in [0.05, 0.1) is 5.25 Å². The van der Waals surface area contributed by atoms with Gasteiger partial charge in [0.15, 0.2) is 0 Å². The van der Waals surface area contributed by atoms with Crippen molar-refractivity contribution in [1.82, 2.24) is 5.43 Å². The fourth-order valence-corrected chi connectivity index (χ4v) is 2.93. The van der Waals surface area contributed by atoms with E-state index in [1.165, 1.54) is 11.1 Å². The summed E-state index contributed by atoms with van der Waals surface area (Å²) in [5, 5.41) is -0.106. The highest BCUT2D eigenvalue weighted by Crippen LogP contribution is 2.29. The minimum absolute atomic E-state index is 0.0993. The number of aryl methyl sites for hydroxylation is 2. The number of amides is 1. The van der Waals surface area contributed by atoms with Crippen molar-refractivity contribution >= 4 is 17.7 Å². The van der Waals surface area contributed by atoms with Crippen molar-refractivity contribution in [2.75, 3.05) is 0 Å². The monoisotopic (exact) mass is 252 g/mol. The van der Waals surface area contributed by atoms with E-state index in [2.05, 4.69) is 44.4 Å². The average molecular weight is 252 g/mol. The van der Waals surface area contributed by atoms with Crippen molar-refractivity contribution in [2.45, 2.75) is 43.8 Å². The molecule has 3 N–H and O–H groups in total.